The first-order chi connectivity index (χ1) is 18.8. The zero-order valence-corrected chi connectivity index (χ0v) is 20.7. The number of rotatable bonds is 9. The highest BCUT2D eigenvalue weighted by molar-refractivity contribution is 5.89. The fourth-order valence-corrected chi connectivity index (χ4v) is 3.16. The van der Waals surface area contributed by atoms with Crippen molar-refractivity contribution in [3.8, 4) is 0 Å². The lowest BCUT2D eigenvalue weighted by Gasteiger charge is -2.21. The lowest BCUT2D eigenvalue weighted by molar-refractivity contribution is -0.192. The van der Waals surface area contributed by atoms with Crippen molar-refractivity contribution in [2.24, 2.45) is 0 Å². The second kappa shape index (κ2) is 14.5. The lowest BCUT2D eigenvalue weighted by Crippen LogP contribution is -2.51. The van der Waals surface area contributed by atoms with Crippen LogP contribution in [0, 0.1) is 11.6 Å². The summed E-state index contributed by atoms with van der Waals surface area (Å²) in [5.41, 5.74) is 7.29. The fraction of sp³-hybridized carbons (Fsp3) is 0.231. The molecule has 40 heavy (non-hydrogen) atoms. The van der Waals surface area contributed by atoms with E-state index in [2.05, 4.69) is 15.6 Å². The molecule has 2 aromatic carbocycles. The fourth-order valence-electron chi connectivity index (χ4n) is 3.16. The van der Waals surface area contributed by atoms with E-state index in [1.165, 1.54) is 12.3 Å². The molecule has 3 aromatic rings. The van der Waals surface area contributed by atoms with Gasteiger partial charge in [0, 0.05) is 25.6 Å². The number of nitrogens with zero attached hydrogens (tertiary/aromatic N) is 1. The maximum Gasteiger partial charge on any atom is 0.490 e. The Morgan fingerprint density at radius 2 is 1.50 bits per heavy atom. The predicted octanol–water partition coefficient (Wildman–Crippen LogP) is 2.52. The first-order valence-corrected chi connectivity index (χ1v) is 11.5. The topological polar surface area (TPSA) is 155 Å². The third kappa shape index (κ3) is 10.6. The molecule has 1 aromatic heterocycles. The number of carbonyl (C=O) groups excluding carboxylic acids is 2. The number of aliphatic carboxylic acids is 1. The lowest BCUT2D eigenvalue weighted by atomic mass is 10.0. The SMILES string of the molecule is Nc1ccc(CNC(=O)[C@H](Cc2ccc(F)c(F)c2)NC(=O)[C@H](O)Cc2ccccc2)cn1.O=C(O)C(F)(F)F. The molecule has 0 spiro atoms. The van der Waals surface area contributed by atoms with Crippen molar-refractivity contribution >= 4 is 23.6 Å². The number of halogens is 5. The van der Waals surface area contributed by atoms with Crippen LogP contribution in [0.5, 0.6) is 0 Å². The van der Waals surface area contributed by atoms with Crippen molar-refractivity contribution in [1.82, 2.24) is 15.6 Å². The predicted molar refractivity (Wildman–Crippen MR) is 132 cm³/mol. The Morgan fingerprint density at radius 1 is 0.875 bits per heavy atom. The summed E-state index contributed by atoms with van der Waals surface area (Å²) >= 11 is 0. The molecule has 0 radical (unpaired) electrons. The number of carboxylic acid groups (broad SMARTS) is 1. The molecule has 9 nitrogen and oxygen atoms in total. The zero-order valence-electron chi connectivity index (χ0n) is 20.7. The van der Waals surface area contributed by atoms with Gasteiger partial charge in [0.25, 0.3) is 0 Å². The van der Waals surface area contributed by atoms with Gasteiger partial charge in [0.2, 0.25) is 11.8 Å². The molecular weight excluding hydrogens is 543 g/mol. The molecule has 0 bridgehead atoms. The van der Waals surface area contributed by atoms with Crippen molar-refractivity contribution in [3.05, 3.63) is 95.2 Å². The van der Waals surface area contributed by atoms with Crippen LogP contribution in [0.1, 0.15) is 16.7 Å². The Balaban J connectivity index is 0.000000708. The summed E-state index contributed by atoms with van der Waals surface area (Å²) in [4.78, 5) is 38.3. The molecule has 0 aliphatic rings. The Hall–Kier alpha value is -4.59. The van der Waals surface area contributed by atoms with E-state index in [-0.39, 0.29) is 19.4 Å². The highest BCUT2D eigenvalue weighted by Crippen LogP contribution is 2.13. The standard InChI is InChI=1S/C24H24F2N4O3.C2HF3O2/c25-18-8-6-16(10-19(18)26)11-20(23(32)29-14-17-7-9-22(27)28-13-17)30-24(33)21(31)12-15-4-2-1-3-5-15;3-2(4,5)1(6)7/h1-10,13,20-21,31H,11-12,14H2,(H2,27,28)(H,29,32)(H,30,33);(H,6,7)/t20-,21+;/m0./s1. The summed E-state index contributed by atoms with van der Waals surface area (Å²) in [7, 11) is 0. The van der Waals surface area contributed by atoms with Crippen LogP contribution in [0.2, 0.25) is 0 Å². The van der Waals surface area contributed by atoms with E-state index < -0.39 is 47.7 Å². The normalized spacial score (nSPS) is 12.3. The number of hydrogen-bond acceptors (Lipinski definition) is 6. The Bertz CT molecular complexity index is 1290. The molecule has 0 saturated heterocycles. The van der Waals surface area contributed by atoms with E-state index in [1.54, 1.807) is 36.4 Å². The Labute approximate surface area is 224 Å². The van der Waals surface area contributed by atoms with Crippen LogP contribution in [-0.2, 0) is 33.8 Å². The molecule has 14 heteroatoms. The van der Waals surface area contributed by atoms with Gasteiger partial charge in [0.1, 0.15) is 18.0 Å². The van der Waals surface area contributed by atoms with Crippen molar-refractivity contribution in [2.75, 3.05) is 5.73 Å². The van der Waals surface area contributed by atoms with Crippen molar-refractivity contribution in [1.29, 1.82) is 0 Å². The molecule has 0 fully saturated rings. The summed E-state index contributed by atoms with van der Waals surface area (Å²) in [6.45, 7) is 0.114. The molecule has 2 amide bonds. The van der Waals surface area contributed by atoms with Crippen LogP contribution in [-0.4, -0.2) is 51.3 Å². The van der Waals surface area contributed by atoms with Gasteiger partial charge in [-0.1, -0.05) is 42.5 Å². The highest BCUT2D eigenvalue weighted by Gasteiger charge is 2.38. The van der Waals surface area contributed by atoms with Crippen LogP contribution < -0.4 is 16.4 Å². The monoisotopic (exact) mass is 568 g/mol. The summed E-state index contributed by atoms with van der Waals surface area (Å²) in [5, 5.41) is 22.6. The second-order valence-electron chi connectivity index (χ2n) is 8.33. The number of nitrogen functional groups attached to an aromatic ring is 1. The van der Waals surface area contributed by atoms with Gasteiger partial charge in [-0.05, 0) is 34.9 Å². The third-order valence-corrected chi connectivity index (χ3v) is 5.19. The van der Waals surface area contributed by atoms with Crippen LogP contribution in [0.15, 0.2) is 66.9 Å². The minimum Gasteiger partial charge on any atom is -0.475 e. The number of pyridine rings is 1. The number of carboxylic acids is 1. The average Bonchev–Trinajstić information content (AvgIpc) is 2.90. The highest BCUT2D eigenvalue weighted by atomic mass is 19.4. The summed E-state index contributed by atoms with van der Waals surface area (Å²) < 4.78 is 58.7. The van der Waals surface area contributed by atoms with Crippen LogP contribution in [0.25, 0.3) is 0 Å². The minimum absolute atomic E-state index is 0.0588. The van der Waals surface area contributed by atoms with Gasteiger partial charge in [-0.25, -0.2) is 18.6 Å². The van der Waals surface area contributed by atoms with E-state index in [1.807, 2.05) is 6.07 Å². The van der Waals surface area contributed by atoms with Crippen molar-refractivity contribution in [3.63, 3.8) is 0 Å². The van der Waals surface area contributed by atoms with Crippen LogP contribution >= 0.6 is 0 Å². The molecule has 1 heterocycles. The quantitative estimate of drug-likeness (QED) is 0.249. The van der Waals surface area contributed by atoms with E-state index >= 15 is 0 Å². The molecule has 0 unspecified atom stereocenters. The van der Waals surface area contributed by atoms with Gasteiger partial charge in [0.05, 0.1) is 0 Å². The summed E-state index contributed by atoms with van der Waals surface area (Å²) in [6.07, 6.45) is -5.02. The van der Waals surface area contributed by atoms with E-state index in [4.69, 9.17) is 15.6 Å². The number of alkyl halides is 3. The number of carbonyl (C=O) groups is 3. The average molecular weight is 568 g/mol. The number of anilines is 1. The molecule has 6 N–H and O–H groups in total. The summed E-state index contributed by atoms with van der Waals surface area (Å²) in [5.74, 6) is -5.81. The number of nitrogens with one attached hydrogen (secondary N) is 2. The Morgan fingerprint density at radius 3 is 2.05 bits per heavy atom. The van der Waals surface area contributed by atoms with Gasteiger partial charge in [0.15, 0.2) is 11.6 Å². The van der Waals surface area contributed by atoms with E-state index in [9.17, 15) is 36.6 Å². The largest absolute Gasteiger partial charge is 0.490 e. The molecule has 3 rings (SSSR count). The Kier molecular flexibility index (Phi) is 11.5. The third-order valence-electron chi connectivity index (χ3n) is 5.19. The number of nitrogens with two attached hydrogens (primary N) is 1. The van der Waals surface area contributed by atoms with Crippen LogP contribution in [0.4, 0.5) is 27.8 Å². The van der Waals surface area contributed by atoms with Gasteiger partial charge < -0.3 is 26.6 Å². The summed E-state index contributed by atoms with van der Waals surface area (Å²) in [6, 6.07) is 14.3. The van der Waals surface area contributed by atoms with Gasteiger partial charge in [-0.2, -0.15) is 13.2 Å². The molecule has 2 atom stereocenters. The first-order valence-electron chi connectivity index (χ1n) is 11.5. The number of aliphatic hydroxyl groups excluding tert-OH is 1. The van der Waals surface area contributed by atoms with Crippen molar-refractivity contribution < 1.29 is 46.5 Å². The molecular formula is C26H25F5N4O5. The van der Waals surface area contributed by atoms with Gasteiger partial charge >= 0.3 is 12.1 Å². The minimum atomic E-state index is -5.08. The maximum absolute atomic E-state index is 13.6. The molecule has 0 saturated carbocycles. The van der Waals surface area contributed by atoms with Crippen LogP contribution in [0.3, 0.4) is 0 Å². The number of amides is 2. The molecule has 0 aliphatic heterocycles. The van der Waals surface area contributed by atoms with Gasteiger partial charge in [-0.15, -0.1) is 0 Å². The van der Waals surface area contributed by atoms with E-state index in [0.29, 0.717) is 16.9 Å². The number of aromatic nitrogens is 1. The van der Waals surface area contributed by atoms with Crippen molar-refractivity contribution in [2.45, 2.75) is 37.7 Å². The zero-order chi connectivity index (χ0) is 29.9. The number of hydrogen-bond donors (Lipinski definition) is 5. The number of benzene rings is 2. The second-order valence-corrected chi connectivity index (χ2v) is 8.33. The van der Waals surface area contributed by atoms with Gasteiger partial charge in [-0.3, -0.25) is 9.59 Å². The number of aliphatic hydroxyl groups is 1. The maximum atomic E-state index is 13.6. The van der Waals surface area contributed by atoms with E-state index in [0.717, 1.165) is 17.7 Å². The molecule has 0 aliphatic carbocycles. The smallest absolute Gasteiger partial charge is 0.475 e. The molecule has 214 valence electrons. The first kappa shape index (κ1) is 31.6.